The predicted molar refractivity (Wildman–Crippen MR) is 104 cm³/mol. The Morgan fingerprint density at radius 1 is 0.833 bits per heavy atom. The summed E-state index contributed by atoms with van der Waals surface area (Å²) in [6, 6.07) is 12.2. The van der Waals surface area contributed by atoms with Crippen LogP contribution in [-0.2, 0) is 12.8 Å². The SMILES string of the molecule is C(=N[C@H]1CCCC[C@@H]1N=Cc1ccccn1)c1ccccn1.[Cu][I]. The van der Waals surface area contributed by atoms with Gasteiger partial charge >= 0.3 is 33.1 Å². The van der Waals surface area contributed by atoms with Crippen molar-refractivity contribution < 1.29 is 12.8 Å². The number of aliphatic imine (C=N–C) groups is 2. The van der Waals surface area contributed by atoms with Crippen molar-refractivity contribution in [3.8, 4) is 0 Å². The van der Waals surface area contributed by atoms with Crippen LogP contribution in [0, 0.1) is 0 Å². The van der Waals surface area contributed by atoms with Gasteiger partial charge in [0.25, 0.3) is 0 Å². The van der Waals surface area contributed by atoms with Gasteiger partial charge in [0.15, 0.2) is 0 Å². The quantitative estimate of drug-likeness (QED) is 0.372. The molecule has 2 aromatic heterocycles. The summed E-state index contributed by atoms with van der Waals surface area (Å²) in [7, 11) is 0. The second-order valence-electron chi connectivity index (χ2n) is 5.48. The Hall–Kier alpha value is -1.11. The molecule has 1 aliphatic rings. The summed E-state index contributed by atoms with van der Waals surface area (Å²) in [6.45, 7) is 0. The molecule has 1 saturated carbocycles. The number of pyridine rings is 2. The van der Waals surface area contributed by atoms with Crippen LogP contribution < -0.4 is 0 Å². The molecule has 6 heteroatoms. The Balaban J connectivity index is 0.00000100. The van der Waals surface area contributed by atoms with Gasteiger partial charge in [-0.15, -0.1) is 0 Å². The summed E-state index contributed by atoms with van der Waals surface area (Å²) in [5, 5.41) is 0. The number of hydrogen-bond acceptors (Lipinski definition) is 4. The molecule has 1 fully saturated rings. The van der Waals surface area contributed by atoms with Crippen molar-refractivity contribution in [3.05, 3.63) is 60.2 Å². The maximum absolute atomic E-state index is 4.73. The molecule has 0 N–H and O–H groups in total. The van der Waals surface area contributed by atoms with Crippen LogP contribution in [0.15, 0.2) is 58.8 Å². The Morgan fingerprint density at radius 3 is 1.67 bits per heavy atom. The molecule has 2 heterocycles. The first-order chi connectivity index (χ1) is 11.9. The van der Waals surface area contributed by atoms with Gasteiger partial charge in [0.1, 0.15) is 0 Å². The van der Waals surface area contributed by atoms with E-state index in [1.165, 1.54) is 12.8 Å². The first-order valence-corrected chi connectivity index (χ1v) is 11.0. The summed E-state index contributed by atoms with van der Waals surface area (Å²) in [5.41, 5.74) is 1.81. The van der Waals surface area contributed by atoms with Crippen LogP contribution in [0.1, 0.15) is 37.1 Å². The van der Waals surface area contributed by atoms with Crippen molar-refractivity contribution in [2.45, 2.75) is 37.8 Å². The summed E-state index contributed by atoms with van der Waals surface area (Å²) in [5.74, 6) is 0. The fourth-order valence-corrected chi connectivity index (χ4v) is 2.69. The fraction of sp³-hybridized carbons (Fsp3) is 0.333. The molecule has 0 bridgehead atoms. The molecule has 3 rings (SSSR count). The van der Waals surface area contributed by atoms with Crippen LogP contribution in [0.4, 0.5) is 0 Å². The summed E-state index contributed by atoms with van der Waals surface area (Å²) >= 11 is 5.87. The van der Waals surface area contributed by atoms with Crippen molar-refractivity contribution in [2.24, 2.45) is 9.98 Å². The van der Waals surface area contributed by atoms with Gasteiger partial charge in [0.2, 0.25) is 0 Å². The molecule has 0 unspecified atom stereocenters. The van der Waals surface area contributed by atoms with E-state index >= 15 is 0 Å². The number of nitrogens with zero attached hydrogens (tertiary/aromatic N) is 4. The molecule has 130 valence electrons. The zero-order chi connectivity index (χ0) is 17.0. The zero-order valence-corrected chi connectivity index (χ0v) is 16.3. The molecule has 1 aliphatic carbocycles. The van der Waals surface area contributed by atoms with Crippen LogP contribution in [0.2, 0.25) is 0 Å². The van der Waals surface area contributed by atoms with E-state index in [2.05, 4.69) is 22.7 Å². The second kappa shape index (κ2) is 11.4. The second-order valence-corrected chi connectivity index (χ2v) is 5.48. The summed E-state index contributed by atoms with van der Waals surface area (Å²) in [6.07, 6.45) is 12.0. The molecule has 2 aromatic rings. The van der Waals surface area contributed by atoms with Gasteiger partial charge in [-0.3, -0.25) is 20.0 Å². The molecule has 0 aromatic carbocycles. The number of halogens is 1. The predicted octanol–water partition coefficient (Wildman–Crippen LogP) is 4.21. The number of hydrogen-bond donors (Lipinski definition) is 0. The first-order valence-electron chi connectivity index (χ1n) is 7.91. The van der Waals surface area contributed by atoms with Gasteiger partial charge < -0.3 is 0 Å². The van der Waals surface area contributed by atoms with Gasteiger partial charge in [-0.1, -0.05) is 25.0 Å². The molecule has 0 saturated heterocycles. The summed E-state index contributed by atoms with van der Waals surface area (Å²) < 4.78 is 0. The van der Waals surface area contributed by atoms with Gasteiger partial charge in [0.05, 0.1) is 23.5 Å². The minimum absolute atomic E-state index is 0.246. The monoisotopic (exact) mass is 482 g/mol. The van der Waals surface area contributed by atoms with E-state index in [4.69, 9.17) is 9.98 Å². The normalized spacial score (nSPS) is 20.8. The van der Waals surface area contributed by atoms with Crippen LogP contribution in [0.3, 0.4) is 0 Å². The van der Waals surface area contributed by atoms with Crippen LogP contribution in [-0.4, -0.2) is 34.5 Å². The van der Waals surface area contributed by atoms with Crippen molar-refractivity contribution in [3.63, 3.8) is 0 Å². The Bertz CT molecular complexity index is 576. The molecule has 0 spiro atoms. The third kappa shape index (κ3) is 6.42. The number of rotatable bonds is 4. The Kier molecular flexibility index (Phi) is 9.16. The number of aromatic nitrogens is 2. The Morgan fingerprint density at radius 2 is 1.29 bits per heavy atom. The van der Waals surface area contributed by atoms with E-state index in [1.54, 1.807) is 32.7 Å². The van der Waals surface area contributed by atoms with E-state index in [1.807, 2.05) is 48.8 Å². The molecule has 4 nitrogen and oxygen atoms in total. The van der Waals surface area contributed by atoms with E-state index in [9.17, 15) is 0 Å². The van der Waals surface area contributed by atoms with E-state index in [0.29, 0.717) is 0 Å². The molecule has 0 radical (unpaired) electrons. The third-order valence-electron chi connectivity index (χ3n) is 3.87. The van der Waals surface area contributed by atoms with Gasteiger partial charge in [-0.2, -0.15) is 0 Å². The average molecular weight is 483 g/mol. The summed E-state index contributed by atoms with van der Waals surface area (Å²) in [4.78, 5) is 18.0. The fourth-order valence-electron chi connectivity index (χ4n) is 2.69. The molecule has 0 aliphatic heterocycles. The molecular formula is C18H20CuIN4. The molecule has 2 atom stereocenters. The molecule has 0 amide bonds. The van der Waals surface area contributed by atoms with E-state index < -0.39 is 0 Å². The first kappa shape index (κ1) is 19.2. The van der Waals surface area contributed by atoms with Gasteiger partial charge in [-0.05, 0) is 37.1 Å². The van der Waals surface area contributed by atoms with Gasteiger partial charge in [0, 0.05) is 24.8 Å². The Labute approximate surface area is 162 Å². The van der Waals surface area contributed by atoms with Crippen molar-refractivity contribution >= 4 is 32.8 Å². The van der Waals surface area contributed by atoms with E-state index in [0.717, 1.165) is 24.2 Å². The standard InChI is InChI=1S/C18H20N4.Cu.HI/c1-2-10-18(22-14-16-8-4-6-12-20-16)17(9-1)21-13-15-7-3-5-11-19-15;;/h3-8,11-14,17-18H,1-2,9-10H2;;1H/q;+1;/p-1/t17-,18-;;/m0../s1. The van der Waals surface area contributed by atoms with Crippen molar-refractivity contribution in [1.82, 2.24) is 9.97 Å². The average Bonchev–Trinajstić information content (AvgIpc) is 2.68. The van der Waals surface area contributed by atoms with Crippen LogP contribution in [0.5, 0.6) is 0 Å². The zero-order valence-electron chi connectivity index (χ0n) is 13.2. The third-order valence-corrected chi connectivity index (χ3v) is 3.87. The van der Waals surface area contributed by atoms with Crippen molar-refractivity contribution in [2.75, 3.05) is 0 Å². The minimum atomic E-state index is 0.246. The van der Waals surface area contributed by atoms with Crippen LogP contribution >= 0.6 is 20.3 Å². The topological polar surface area (TPSA) is 50.5 Å². The molecule has 24 heavy (non-hydrogen) atoms. The maximum atomic E-state index is 4.73. The van der Waals surface area contributed by atoms with Gasteiger partial charge in [-0.25, -0.2) is 0 Å². The van der Waals surface area contributed by atoms with Crippen LogP contribution in [0.25, 0.3) is 0 Å². The molecular weight excluding hydrogens is 463 g/mol. The van der Waals surface area contributed by atoms with Crippen molar-refractivity contribution in [1.29, 1.82) is 0 Å². The van der Waals surface area contributed by atoms with E-state index in [-0.39, 0.29) is 12.1 Å².